The van der Waals surface area contributed by atoms with Crippen LogP contribution in [-0.4, -0.2) is 9.04 Å². The molecule has 0 saturated carbocycles. The molecule has 0 bridgehead atoms. The SMILES string of the molecule is [CH2]c1ccccc1O[SiH](C)C. The van der Waals surface area contributed by atoms with Crippen LogP contribution in [-0.2, 0) is 0 Å². The average molecular weight is 165 g/mol. The maximum absolute atomic E-state index is 5.62. The molecule has 0 aliphatic heterocycles. The summed E-state index contributed by atoms with van der Waals surface area (Å²) in [5.41, 5.74) is 0.980. The van der Waals surface area contributed by atoms with Crippen LogP contribution >= 0.6 is 0 Å². The summed E-state index contributed by atoms with van der Waals surface area (Å²) >= 11 is 0. The molecule has 0 fully saturated rings. The number of hydrogen-bond acceptors (Lipinski definition) is 1. The highest BCUT2D eigenvalue weighted by atomic mass is 28.3. The second kappa shape index (κ2) is 3.58. The molecule has 0 heterocycles. The lowest BCUT2D eigenvalue weighted by Crippen LogP contribution is -2.11. The van der Waals surface area contributed by atoms with Crippen molar-refractivity contribution in [1.82, 2.24) is 0 Å². The van der Waals surface area contributed by atoms with Crippen LogP contribution in [0.25, 0.3) is 0 Å². The minimum Gasteiger partial charge on any atom is -0.547 e. The van der Waals surface area contributed by atoms with Gasteiger partial charge >= 0.3 is 0 Å². The number of benzene rings is 1. The molecule has 1 aromatic carbocycles. The molecule has 0 aliphatic rings. The van der Waals surface area contributed by atoms with Gasteiger partial charge in [-0.2, -0.15) is 0 Å². The van der Waals surface area contributed by atoms with Crippen molar-refractivity contribution in [2.75, 3.05) is 0 Å². The van der Waals surface area contributed by atoms with Gasteiger partial charge in [0.25, 0.3) is 0 Å². The highest BCUT2D eigenvalue weighted by Gasteiger charge is 2.00. The first-order valence-electron chi connectivity index (χ1n) is 3.78. The minimum absolute atomic E-state index is 0.939. The number of para-hydroxylation sites is 1. The lowest BCUT2D eigenvalue weighted by Gasteiger charge is -2.10. The molecule has 1 aromatic rings. The zero-order valence-electron chi connectivity index (χ0n) is 7.00. The molecule has 0 unspecified atom stereocenters. The van der Waals surface area contributed by atoms with Crippen molar-refractivity contribution in [3.63, 3.8) is 0 Å². The molecule has 0 saturated heterocycles. The predicted molar refractivity (Wildman–Crippen MR) is 50.4 cm³/mol. The normalized spacial score (nSPS) is 10.2. The van der Waals surface area contributed by atoms with E-state index in [1.807, 2.05) is 24.3 Å². The van der Waals surface area contributed by atoms with Gasteiger partial charge < -0.3 is 4.43 Å². The second-order valence-electron chi connectivity index (χ2n) is 2.77. The Labute approximate surface area is 69.7 Å². The minimum atomic E-state index is -0.965. The molecule has 0 spiro atoms. The van der Waals surface area contributed by atoms with E-state index in [1.54, 1.807) is 0 Å². The highest BCUT2D eigenvalue weighted by molar-refractivity contribution is 6.49. The van der Waals surface area contributed by atoms with Gasteiger partial charge in [0.15, 0.2) is 0 Å². The first kappa shape index (κ1) is 8.33. The quantitative estimate of drug-likeness (QED) is 0.611. The van der Waals surface area contributed by atoms with E-state index in [0.29, 0.717) is 0 Å². The van der Waals surface area contributed by atoms with Gasteiger partial charge in [-0.1, -0.05) is 18.2 Å². The van der Waals surface area contributed by atoms with Crippen molar-refractivity contribution in [2.45, 2.75) is 13.1 Å². The largest absolute Gasteiger partial charge is 0.547 e. The topological polar surface area (TPSA) is 9.23 Å². The molecule has 11 heavy (non-hydrogen) atoms. The fraction of sp³-hybridized carbons (Fsp3) is 0.222. The van der Waals surface area contributed by atoms with E-state index < -0.39 is 9.04 Å². The molecule has 2 heteroatoms. The summed E-state index contributed by atoms with van der Waals surface area (Å²) in [5.74, 6) is 0.939. The third kappa shape index (κ3) is 2.39. The van der Waals surface area contributed by atoms with Crippen molar-refractivity contribution < 1.29 is 4.43 Å². The lowest BCUT2D eigenvalue weighted by atomic mass is 10.2. The molecule has 1 radical (unpaired) electrons. The molecule has 59 valence electrons. The maximum Gasteiger partial charge on any atom is 0.229 e. The van der Waals surface area contributed by atoms with Crippen LogP contribution in [0.4, 0.5) is 0 Å². The molecule has 1 nitrogen and oxygen atoms in total. The Morgan fingerprint density at radius 2 is 1.91 bits per heavy atom. The van der Waals surface area contributed by atoms with Crippen LogP contribution in [0.15, 0.2) is 24.3 Å². The van der Waals surface area contributed by atoms with Gasteiger partial charge in [0.1, 0.15) is 5.75 Å². The zero-order valence-corrected chi connectivity index (χ0v) is 8.16. The van der Waals surface area contributed by atoms with Gasteiger partial charge in [-0.15, -0.1) is 0 Å². The van der Waals surface area contributed by atoms with Crippen molar-refractivity contribution in [3.05, 3.63) is 36.8 Å². The lowest BCUT2D eigenvalue weighted by molar-refractivity contribution is 0.578. The van der Waals surface area contributed by atoms with E-state index in [-0.39, 0.29) is 0 Å². The molecule has 0 N–H and O–H groups in total. The van der Waals surface area contributed by atoms with Gasteiger partial charge in [-0.25, -0.2) is 0 Å². The van der Waals surface area contributed by atoms with Crippen LogP contribution in [0.5, 0.6) is 5.75 Å². The van der Waals surface area contributed by atoms with Crippen molar-refractivity contribution in [1.29, 1.82) is 0 Å². The summed E-state index contributed by atoms with van der Waals surface area (Å²) in [4.78, 5) is 0. The summed E-state index contributed by atoms with van der Waals surface area (Å²) in [5, 5.41) is 0. The van der Waals surface area contributed by atoms with Crippen molar-refractivity contribution in [3.8, 4) is 5.75 Å². The van der Waals surface area contributed by atoms with Gasteiger partial charge in [-0.05, 0) is 31.6 Å². The Morgan fingerprint density at radius 3 is 2.45 bits per heavy atom. The fourth-order valence-corrected chi connectivity index (χ4v) is 1.61. The van der Waals surface area contributed by atoms with Gasteiger partial charge in [0, 0.05) is 0 Å². The van der Waals surface area contributed by atoms with Crippen LogP contribution < -0.4 is 4.43 Å². The van der Waals surface area contributed by atoms with Crippen molar-refractivity contribution >= 4 is 9.04 Å². The molecule has 0 amide bonds. The average Bonchev–Trinajstić information content (AvgIpc) is 1.93. The Bertz CT molecular complexity index is 233. The van der Waals surface area contributed by atoms with Gasteiger partial charge in [0.05, 0.1) is 0 Å². The van der Waals surface area contributed by atoms with E-state index in [0.717, 1.165) is 11.3 Å². The molecule has 0 aliphatic carbocycles. The third-order valence-corrected chi connectivity index (χ3v) is 2.06. The molecular weight excluding hydrogens is 152 g/mol. The summed E-state index contributed by atoms with van der Waals surface area (Å²) in [6, 6.07) is 7.87. The standard InChI is InChI=1S/C9H13OSi/c1-8-6-4-5-7-9(8)10-11(2)3/h4-7,11H,1H2,2-3H3. The van der Waals surface area contributed by atoms with E-state index in [4.69, 9.17) is 4.43 Å². The molecular formula is C9H13OSi. The Kier molecular flexibility index (Phi) is 2.71. The maximum atomic E-state index is 5.62. The van der Waals surface area contributed by atoms with Crippen LogP contribution in [0, 0.1) is 6.92 Å². The monoisotopic (exact) mass is 165 g/mol. The van der Waals surface area contributed by atoms with Crippen molar-refractivity contribution in [2.24, 2.45) is 0 Å². The Balaban J connectivity index is 2.78. The third-order valence-electron chi connectivity index (χ3n) is 1.34. The molecule has 1 rings (SSSR count). The number of hydrogen-bond donors (Lipinski definition) is 0. The summed E-state index contributed by atoms with van der Waals surface area (Å²) in [6.45, 7) is 8.16. The predicted octanol–water partition coefficient (Wildman–Crippen LogP) is 2.23. The Morgan fingerprint density at radius 1 is 1.27 bits per heavy atom. The second-order valence-corrected chi connectivity index (χ2v) is 5.11. The first-order valence-corrected chi connectivity index (χ1v) is 6.56. The number of rotatable bonds is 2. The first-order chi connectivity index (χ1) is 5.20. The van der Waals surface area contributed by atoms with Crippen LogP contribution in [0.3, 0.4) is 0 Å². The zero-order chi connectivity index (χ0) is 8.27. The van der Waals surface area contributed by atoms with Gasteiger partial charge in [0.2, 0.25) is 9.04 Å². The van der Waals surface area contributed by atoms with E-state index >= 15 is 0 Å². The smallest absolute Gasteiger partial charge is 0.229 e. The highest BCUT2D eigenvalue weighted by Crippen LogP contribution is 2.16. The molecule has 0 aromatic heterocycles. The Hall–Kier alpha value is -0.763. The summed E-state index contributed by atoms with van der Waals surface area (Å²) < 4.78 is 5.62. The fourth-order valence-electron chi connectivity index (χ4n) is 0.873. The molecule has 0 atom stereocenters. The van der Waals surface area contributed by atoms with Crippen LogP contribution in [0.1, 0.15) is 5.56 Å². The van der Waals surface area contributed by atoms with Gasteiger partial charge in [-0.3, -0.25) is 0 Å². The summed E-state index contributed by atoms with van der Waals surface area (Å²) in [6.07, 6.45) is 0. The van der Waals surface area contributed by atoms with E-state index in [2.05, 4.69) is 20.0 Å². The van der Waals surface area contributed by atoms with Crippen LogP contribution in [0.2, 0.25) is 13.1 Å². The van der Waals surface area contributed by atoms with E-state index in [1.165, 1.54) is 0 Å². The summed E-state index contributed by atoms with van der Waals surface area (Å²) in [7, 11) is -0.965. The van der Waals surface area contributed by atoms with E-state index in [9.17, 15) is 0 Å².